The molecule has 0 amide bonds. The molecule has 0 aromatic rings. The lowest BCUT2D eigenvalue weighted by molar-refractivity contribution is 0.332. The van der Waals surface area contributed by atoms with Gasteiger partial charge in [-0.15, -0.1) is 0 Å². The third-order valence-corrected chi connectivity index (χ3v) is 4.02. The van der Waals surface area contributed by atoms with Crippen LogP contribution in [0.5, 0.6) is 0 Å². The molecular weight excluding hydrogens is 156 g/mol. The van der Waals surface area contributed by atoms with Crippen molar-refractivity contribution in [2.45, 2.75) is 59.8 Å². The average Bonchev–Trinajstić information content (AvgIpc) is 2.83. The van der Waals surface area contributed by atoms with E-state index in [2.05, 4.69) is 27.7 Å². The van der Waals surface area contributed by atoms with Gasteiger partial charge in [0.1, 0.15) is 0 Å². The highest BCUT2D eigenvalue weighted by molar-refractivity contribution is 4.87. The minimum Gasteiger partial charge on any atom is -0.0654 e. The normalized spacial score (nSPS) is 31.4. The van der Waals surface area contributed by atoms with Crippen molar-refractivity contribution in [3.8, 4) is 0 Å². The first-order valence-electron chi connectivity index (χ1n) is 6.19. The Morgan fingerprint density at radius 3 is 2.31 bits per heavy atom. The van der Waals surface area contributed by atoms with Crippen molar-refractivity contribution in [2.75, 3.05) is 0 Å². The highest BCUT2D eigenvalue weighted by atomic mass is 14.4. The van der Waals surface area contributed by atoms with Gasteiger partial charge in [-0.1, -0.05) is 47.0 Å². The molecule has 1 fully saturated rings. The molecule has 4 atom stereocenters. The summed E-state index contributed by atoms with van der Waals surface area (Å²) in [6.45, 7) is 9.47. The summed E-state index contributed by atoms with van der Waals surface area (Å²) in [7, 11) is 0. The lowest BCUT2D eigenvalue weighted by Gasteiger charge is -2.17. The van der Waals surface area contributed by atoms with E-state index in [1.165, 1.54) is 32.1 Å². The van der Waals surface area contributed by atoms with E-state index in [1.54, 1.807) is 0 Å². The van der Waals surface area contributed by atoms with Gasteiger partial charge in [0, 0.05) is 0 Å². The quantitative estimate of drug-likeness (QED) is 0.567. The maximum Gasteiger partial charge on any atom is -0.0380 e. The predicted molar refractivity (Wildman–Crippen MR) is 59.7 cm³/mol. The molecule has 0 bridgehead atoms. The maximum absolute atomic E-state index is 2.44. The highest BCUT2D eigenvalue weighted by Gasteiger charge is 2.36. The van der Waals surface area contributed by atoms with Gasteiger partial charge in [0.05, 0.1) is 0 Å². The monoisotopic (exact) mass is 182 g/mol. The Hall–Kier alpha value is 0. The third kappa shape index (κ3) is 3.32. The van der Waals surface area contributed by atoms with Crippen molar-refractivity contribution in [3.63, 3.8) is 0 Å². The van der Waals surface area contributed by atoms with Crippen LogP contribution in [0.15, 0.2) is 0 Å². The van der Waals surface area contributed by atoms with E-state index in [-0.39, 0.29) is 0 Å². The van der Waals surface area contributed by atoms with E-state index >= 15 is 0 Å². The van der Waals surface area contributed by atoms with Crippen molar-refractivity contribution in [3.05, 3.63) is 0 Å². The second-order valence-corrected chi connectivity index (χ2v) is 5.14. The Morgan fingerprint density at radius 1 is 1.08 bits per heavy atom. The molecule has 0 nitrogen and oxygen atoms in total. The zero-order valence-corrected chi connectivity index (χ0v) is 9.84. The summed E-state index contributed by atoms with van der Waals surface area (Å²) in [6, 6.07) is 0. The number of hydrogen-bond acceptors (Lipinski definition) is 0. The van der Waals surface area contributed by atoms with E-state index in [0.29, 0.717) is 0 Å². The van der Waals surface area contributed by atoms with Gasteiger partial charge in [-0.3, -0.25) is 0 Å². The molecule has 1 aliphatic carbocycles. The summed E-state index contributed by atoms with van der Waals surface area (Å²) in [5.74, 6) is 4.10. The molecule has 0 aromatic heterocycles. The fourth-order valence-corrected chi connectivity index (χ4v) is 2.44. The second-order valence-electron chi connectivity index (χ2n) is 5.14. The molecular formula is C13H26. The minimum atomic E-state index is 0.933. The Balaban J connectivity index is 2.12. The van der Waals surface area contributed by atoms with Crippen LogP contribution >= 0.6 is 0 Å². The molecule has 4 unspecified atom stereocenters. The molecule has 0 saturated heterocycles. The van der Waals surface area contributed by atoms with Crippen molar-refractivity contribution < 1.29 is 0 Å². The first-order valence-corrected chi connectivity index (χ1v) is 6.19. The molecule has 1 aliphatic rings. The standard InChI is InChI=1S/C13H26/c1-5-7-12-9-13(12)8-11(4)10(3)6-2/h10-13H,5-9H2,1-4H3. The molecule has 0 aliphatic heterocycles. The Labute approximate surface area is 84.1 Å². The van der Waals surface area contributed by atoms with Crippen molar-refractivity contribution in [2.24, 2.45) is 23.7 Å². The van der Waals surface area contributed by atoms with E-state index in [4.69, 9.17) is 0 Å². The summed E-state index contributed by atoms with van der Waals surface area (Å²) < 4.78 is 0. The summed E-state index contributed by atoms with van der Waals surface area (Å²) in [5.41, 5.74) is 0. The van der Waals surface area contributed by atoms with E-state index < -0.39 is 0 Å². The molecule has 0 radical (unpaired) electrons. The number of hydrogen-bond donors (Lipinski definition) is 0. The maximum atomic E-state index is 2.44. The molecule has 1 saturated carbocycles. The molecule has 0 spiro atoms. The summed E-state index contributed by atoms with van der Waals surface area (Å²) in [4.78, 5) is 0. The fraction of sp³-hybridized carbons (Fsp3) is 1.00. The van der Waals surface area contributed by atoms with Crippen LogP contribution in [0.3, 0.4) is 0 Å². The van der Waals surface area contributed by atoms with Crippen LogP contribution in [-0.2, 0) is 0 Å². The molecule has 0 N–H and O–H groups in total. The summed E-state index contributed by atoms with van der Waals surface area (Å²) in [6.07, 6.45) is 7.26. The van der Waals surface area contributed by atoms with Crippen LogP contribution in [0.1, 0.15) is 59.8 Å². The smallest absolute Gasteiger partial charge is 0.0380 e. The lowest BCUT2D eigenvalue weighted by atomic mass is 9.88. The van der Waals surface area contributed by atoms with Crippen molar-refractivity contribution >= 4 is 0 Å². The predicted octanol–water partition coefficient (Wildman–Crippen LogP) is 4.49. The largest absolute Gasteiger partial charge is 0.0654 e. The first-order chi connectivity index (χ1) is 6.19. The Kier molecular flexibility index (Phi) is 4.28. The zero-order valence-electron chi connectivity index (χ0n) is 9.84. The van der Waals surface area contributed by atoms with Crippen LogP contribution in [0.4, 0.5) is 0 Å². The molecule has 78 valence electrons. The van der Waals surface area contributed by atoms with Crippen LogP contribution in [0.25, 0.3) is 0 Å². The van der Waals surface area contributed by atoms with Gasteiger partial charge in [0.25, 0.3) is 0 Å². The third-order valence-electron chi connectivity index (χ3n) is 4.02. The van der Waals surface area contributed by atoms with Crippen molar-refractivity contribution in [1.82, 2.24) is 0 Å². The van der Waals surface area contributed by atoms with Crippen LogP contribution in [0.2, 0.25) is 0 Å². The van der Waals surface area contributed by atoms with Gasteiger partial charge in [0.2, 0.25) is 0 Å². The van der Waals surface area contributed by atoms with Gasteiger partial charge in [-0.25, -0.2) is 0 Å². The van der Waals surface area contributed by atoms with Gasteiger partial charge in [-0.2, -0.15) is 0 Å². The molecule has 0 heteroatoms. The van der Waals surface area contributed by atoms with E-state index in [9.17, 15) is 0 Å². The lowest BCUT2D eigenvalue weighted by Crippen LogP contribution is -2.07. The molecule has 13 heavy (non-hydrogen) atoms. The van der Waals surface area contributed by atoms with E-state index in [0.717, 1.165) is 23.7 Å². The SMILES string of the molecule is CCCC1CC1CC(C)C(C)CC. The molecule has 0 heterocycles. The van der Waals surface area contributed by atoms with Crippen LogP contribution < -0.4 is 0 Å². The fourth-order valence-electron chi connectivity index (χ4n) is 2.44. The Morgan fingerprint density at radius 2 is 1.77 bits per heavy atom. The van der Waals surface area contributed by atoms with Gasteiger partial charge in [-0.05, 0) is 36.5 Å². The van der Waals surface area contributed by atoms with Gasteiger partial charge < -0.3 is 0 Å². The van der Waals surface area contributed by atoms with Crippen molar-refractivity contribution in [1.29, 1.82) is 0 Å². The summed E-state index contributed by atoms with van der Waals surface area (Å²) in [5, 5.41) is 0. The topological polar surface area (TPSA) is 0 Å². The second kappa shape index (κ2) is 5.02. The zero-order chi connectivity index (χ0) is 9.84. The van der Waals surface area contributed by atoms with Gasteiger partial charge >= 0.3 is 0 Å². The highest BCUT2D eigenvalue weighted by Crippen LogP contribution is 2.47. The average molecular weight is 182 g/mol. The van der Waals surface area contributed by atoms with Crippen LogP contribution in [0, 0.1) is 23.7 Å². The Bertz CT molecular complexity index is 139. The number of rotatable bonds is 6. The molecule has 0 aromatic carbocycles. The summed E-state index contributed by atoms with van der Waals surface area (Å²) >= 11 is 0. The molecule has 1 rings (SSSR count). The minimum absolute atomic E-state index is 0.933. The van der Waals surface area contributed by atoms with Crippen LogP contribution in [-0.4, -0.2) is 0 Å². The van der Waals surface area contributed by atoms with Gasteiger partial charge in [0.15, 0.2) is 0 Å². The van der Waals surface area contributed by atoms with E-state index in [1.807, 2.05) is 0 Å². The first kappa shape index (κ1) is 11.1.